The molecule has 0 aliphatic carbocycles. The van der Waals surface area contributed by atoms with Crippen molar-refractivity contribution in [2.75, 3.05) is 37.0 Å². The summed E-state index contributed by atoms with van der Waals surface area (Å²) in [5.74, 6) is -1.31. The van der Waals surface area contributed by atoms with Crippen LogP contribution in [-0.4, -0.2) is 75.8 Å². The van der Waals surface area contributed by atoms with Gasteiger partial charge in [0.1, 0.15) is 30.5 Å². The van der Waals surface area contributed by atoms with Crippen molar-refractivity contribution in [3.8, 4) is 17.2 Å². The van der Waals surface area contributed by atoms with Crippen molar-refractivity contribution in [3.05, 3.63) is 42.5 Å². The molecule has 1 aliphatic heterocycles. The maximum Gasteiger partial charge on any atom is 0.330 e. The standard InChI is InChI=1S/C33H46N4O9S/c1-4-5-6-7-8-9-10-11-12-13-20-45-26-15-17-27(18-16-26)46-47(43)35-25-14-19-29(44-3)28(21-25)34-32(41)31(24(2)39)37-30(40)22-36(23-38)33(37)42/h14-19,21,31,35,38H,4-13,20,22-23H2,1-3H3,(H,34,41). The fourth-order valence-electron chi connectivity index (χ4n) is 5.06. The number of aliphatic hydroxyl groups excluding tert-OH is 1. The number of carbonyl (C=O) groups is 4. The maximum absolute atomic E-state index is 13.1. The van der Waals surface area contributed by atoms with E-state index in [1.54, 1.807) is 24.3 Å². The molecule has 2 aromatic carbocycles. The van der Waals surface area contributed by atoms with Gasteiger partial charge in [-0.2, -0.15) is 4.21 Å². The number of benzene rings is 2. The molecule has 1 fully saturated rings. The summed E-state index contributed by atoms with van der Waals surface area (Å²) in [6.07, 6.45) is 12.5. The molecule has 0 bridgehead atoms. The highest BCUT2D eigenvalue weighted by Gasteiger charge is 2.45. The molecule has 2 unspecified atom stereocenters. The Labute approximate surface area is 278 Å². The summed E-state index contributed by atoms with van der Waals surface area (Å²) >= 11 is -2.03. The Bertz CT molecular complexity index is 1370. The van der Waals surface area contributed by atoms with Crippen LogP contribution in [0.5, 0.6) is 17.2 Å². The fraction of sp³-hybridized carbons (Fsp3) is 0.515. The molecule has 2 aromatic rings. The Hall–Kier alpha value is -4.17. The molecule has 0 radical (unpaired) electrons. The van der Waals surface area contributed by atoms with Gasteiger partial charge in [0.15, 0.2) is 11.8 Å². The third-order valence-electron chi connectivity index (χ3n) is 7.55. The van der Waals surface area contributed by atoms with Crippen LogP contribution >= 0.6 is 0 Å². The normalized spacial score (nSPS) is 14.1. The van der Waals surface area contributed by atoms with Crippen molar-refractivity contribution < 1.29 is 42.2 Å². The third-order valence-corrected chi connectivity index (χ3v) is 8.30. The highest BCUT2D eigenvalue weighted by molar-refractivity contribution is 7.81. The van der Waals surface area contributed by atoms with E-state index in [0.29, 0.717) is 23.0 Å². The molecule has 1 aliphatic rings. The first-order valence-electron chi connectivity index (χ1n) is 16.0. The SMILES string of the molecule is CCCCCCCCCCCCOc1ccc(OS(=O)Nc2ccc(OC)c(NC(=O)C(C(C)=O)N3C(=O)CN(CO)C3=O)c2)cc1. The molecule has 3 rings (SSSR count). The van der Waals surface area contributed by atoms with Gasteiger partial charge in [0.25, 0.3) is 11.8 Å². The number of Topliss-reactive ketones (excluding diaryl/α,β-unsaturated/α-hetero) is 1. The van der Waals surface area contributed by atoms with Crippen LogP contribution in [0.15, 0.2) is 42.5 Å². The summed E-state index contributed by atoms with van der Waals surface area (Å²) in [7, 11) is 1.36. The zero-order valence-electron chi connectivity index (χ0n) is 27.3. The second kappa shape index (κ2) is 19.5. The fourth-order valence-corrected chi connectivity index (χ4v) is 5.71. The second-order valence-electron chi connectivity index (χ2n) is 11.2. The predicted molar refractivity (Wildman–Crippen MR) is 178 cm³/mol. The van der Waals surface area contributed by atoms with Crippen LogP contribution in [0, 0.1) is 0 Å². The summed E-state index contributed by atoms with van der Waals surface area (Å²) in [5, 5.41) is 11.8. The summed E-state index contributed by atoms with van der Waals surface area (Å²) in [6.45, 7) is 2.72. The number of unbranched alkanes of at least 4 members (excludes halogenated alkanes) is 9. The van der Waals surface area contributed by atoms with Gasteiger partial charge in [-0.25, -0.2) is 9.69 Å². The van der Waals surface area contributed by atoms with E-state index in [1.807, 2.05) is 0 Å². The van der Waals surface area contributed by atoms with Gasteiger partial charge in [-0.15, -0.1) is 0 Å². The number of hydrogen-bond acceptors (Lipinski definition) is 9. The number of ketones is 1. The Kier molecular flexibility index (Phi) is 15.5. The molecule has 13 nitrogen and oxygen atoms in total. The van der Waals surface area contributed by atoms with Crippen LogP contribution in [0.3, 0.4) is 0 Å². The van der Waals surface area contributed by atoms with Crippen LogP contribution in [0.1, 0.15) is 78.1 Å². The molecule has 0 saturated carbocycles. The lowest BCUT2D eigenvalue weighted by atomic mass is 10.1. The van der Waals surface area contributed by atoms with Gasteiger partial charge < -0.3 is 24.1 Å². The number of urea groups is 1. The molecule has 258 valence electrons. The third kappa shape index (κ3) is 11.5. The number of amides is 4. The van der Waals surface area contributed by atoms with Crippen molar-refractivity contribution in [2.45, 2.75) is 84.1 Å². The lowest BCUT2D eigenvalue weighted by Crippen LogP contribution is -2.51. The van der Waals surface area contributed by atoms with Crippen molar-refractivity contribution in [1.29, 1.82) is 0 Å². The molecule has 47 heavy (non-hydrogen) atoms. The molecule has 3 N–H and O–H groups in total. The topological polar surface area (TPSA) is 164 Å². The first kappa shape index (κ1) is 37.3. The van der Waals surface area contributed by atoms with Crippen molar-refractivity contribution in [3.63, 3.8) is 0 Å². The molecular formula is C33H46N4O9S. The van der Waals surface area contributed by atoms with Gasteiger partial charge in [0.2, 0.25) is 0 Å². The van der Waals surface area contributed by atoms with Gasteiger partial charge in [0.05, 0.1) is 25.1 Å². The second-order valence-corrected chi connectivity index (χ2v) is 12.1. The number of anilines is 2. The first-order chi connectivity index (χ1) is 22.7. The number of nitrogens with one attached hydrogen (secondary N) is 2. The number of nitrogens with zero attached hydrogens (tertiary/aromatic N) is 2. The number of hydrogen-bond donors (Lipinski definition) is 3. The molecular weight excluding hydrogens is 628 g/mol. The number of methoxy groups -OCH3 is 1. The van der Waals surface area contributed by atoms with Crippen LogP contribution < -0.4 is 23.7 Å². The number of rotatable bonds is 22. The molecule has 14 heteroatoms. The van der Waals surface area contributed by atoms with Crippen LogP contribution in [0.25, 0.3) is 0 Å². The lowest BCUT2D eigenvalue weighted by molar-refractivity contribution is -0.138. The largest absolute Gasteiger partial charge is 0.495 e. The Balaban J connectivity index is 1.48. The highest BCUT2D eigenvalue weighted by atomic mass is 32.2. The zero-order valence-corrected chi connectivity index (χ0v) is 28.1. The van der Waals surface area contributed by atoms with E-state index in [4.69, 9.17) is 13.7 Å². The van der Waals surface area contributed by atoms with Crippen LogP contribution in [-0.2, 0) is 25.7 Å². The molecule has 2 atom stereocenters. The van der Waals surface area contributed by atoms with E-state index in [1.165, 1.54) is 76.7 Å². The van der Waals surface area contributed by atoms with Crippen molar-refractivity contribution in [2.24, 2.45) is 0 Å². The minimum Gasteiger partial charge on any atom is -0.495 e. The number of aliphatic hydroxyl groups is 1. The smallest absolute Gasteiger partial charge is 0.330 e. The molecule has 1 saturated heterocycles. The minimum absolute atomic E-state index is 0.0766. The van der Waals surface area contributed by atoms with Crippen LogP contribution in [0.4, 0.5) is 16.2 Å². The number of ether oxygens (including phenoxy) is 2. The predicted octanol–water partition coefficient (Wildman–Crippen LogP) is 5.17. The van der Waals surface area contributed by atoms with E-state index < -0.39 is 54.2 Å². The summed E-state index contributed by atoms with van der Waals surface area (Å²) in [4.78, 5) is 51.7. The van der Waals surface area contributed by atoms with Crippen molar-refractivity contribution in [1.82, 2.24) is 9.80 Å². The minimum atomic E-state index is -2.03. The van der Waals surface area contributed by atoms with Crippen molar-refractivity contribution >= 4 is 46.3 Å². The summed E-state index contributed by atoms with van der Waals surface area (Å²) in [5.41, 5.74) is 0.350. The van der Waals surface area contributed by atoms with Gasteiger partial charge >= 0.3 is 17.3 Å². The maximum atomic E-state index is 13.1. The molecule has 0 spiro atoms. The molecule has 0 aromatic heterocycles. The average molecular weight is 675 g/mol. The Morgan fingerprint density at radius 1 is 0.936 bits per heavy atom. The van der Waals surface area contributed by atoms with E-state index in [0.717, 1.165) is 24.7 Å². The quantitative estimate of drug-likeness (QED) is 0.0868. The van der Waals surface area contributed by atoms with E-state index in [-0.39, 0.29) is 17.1 Å². The average Bonchev–Trinajstić information content (AvgIpc) is 3.32. The molecule has 1 heterocycles. The Morgan fingerprint density at radius 2 is 1.55 bits per heavy atom. The lowest BCUT2D eigenvalue weighted by Gasteiger charge is -2.23. The van der Waals surface area contributed by atoms with E-state index >= 15 is 0 Å². The monoisotopic (exact) mass is 674 g/mol. The van der Waals surface area contributed by atoms with Gasteiger partial charge in [0, 0.05) is 0 Å². The highest BCUT2D eigenvalue weighted by Crippen LogP contribution is 2.29. The van der Waals surface area contributed by atoms with Gasteiger partial charge in [-0.05, 0) is 55.8 Å². The zero-order chi connectivity index (χ0) is 34.2. The number of carbonyl (C=O) groups excluding carboxylic acids is 4. The summed E-state index contributed by atoms with van der Waals surface area (Å²) in [6, 6.07) is 8.46. The first-order valence-corrected chi connectivity index (χ1v) is 17.1. The van der Waals surface area contributed by atoms with E-state index in [2.05, 4.69) is 17.0 Å². The van der Waals surface area contributed by atoms with Gasteiger partial charge in [-0.3, -0.25) is 24.0 Å². The molecule has 4 amide bonds. The number of imide groups is 1. The van der Waals surface area contributed by atoms with Crippen LogP contribution in [0.2, 0.25) is 0 Å². The Morgan fingerprint density at radius 3 is 2.13 bits per heavy atom. The van der Waals surface area contributed by atoms with Gasteiger partial charge in [-0.1, -0.05) is 64.7 Å². The van der Waals surface area contributed by atoms with E-state index in [9.17, 15) is 28.5 Å². The summed E-state index contributed by atoms with van der Waals surface area (Å²) < 4.78 is 32.0.